The van der Waals surface area contributed by atoms with Gasteiger partial charge in [0, 0.05) is 6.04 Å². The first-order chi connectivity index (χ1) is 10.3. The molecule has 1 saturated carbocycles. The molecule has 3 unspecified atom stereocenters. The van der Waals surface area contributed by atoms with Crippen LogP contribution in [0, 0.1) is 5.92 Å². The number of carbonyl (C=O) groups is 1. The van der Waals surface area contributed by atoms with Crippen molar-refractivity contribution in [3.63, 3.8) is 0 Å². The molecular weight excluding hydrogens is 262 g/mol. The molecule has 114 valence electrons. The standard InChI is InChI=1S/C18H25NO2/c20-18(21)17-13-15-10-4-5-11-16(15)19(17)12-6-9-14-7-2-1-3-8-14/h1-3,7-8,15-17H,4-6,9-13H2,(H,20,21). The molecule has 2 fully saturated rings. The fraction of sp³-hybridized carbons (Fsp3) is 0.611. The highest BCUT2D eigenvalue weighted by molar-refractivity contribution is 5.74. The number of likely N-dealkylation sites (tertiary alicyclic amines) is 1. The van der Waals surface area contributed by atoms with Gasteiger partial charge >= 0.3 is 5.97 Å². The number of nitrogens with zero attached hydrogens (tertiary/aromatic N) is 1. The number of aliphatic carboxylic acids is 1. The minimum atomic E-state index is -0.621. The minimum Gasteiger partial charge on any atom is -0.480 e. The summed E-state index contributed by atoms with van der Waals surface area (Å²) in [6.45, 7) is 0.924. The van der Waals surface area contributed by atoms with Crippen molar-refractivity contribution < 1.29 is 9.90 Å². The Hall–Kier alpha value is -1.35. The lowest BCUT2D eigenvalue weighted by molar-refractivity contribution is -0.142. The van der Waals surface area contributed by atoms with Crippen molar-refractivity contribution in [3.05, 3.63) is 35.9 Å². The van der Waals surface area contributed by atoms with Crippen molar-refractivity contribution in [2.24, 2.45) is 5.92 Å². The quantitative estimate of drug-likeness (QED) is 0.903. The maximum absolute atomic E-state index is 11.5. The monoisotopic (exact) mass is 287 g/mol. The van der Waals surface area contributed by atoms with Crippen molar-refractivity contribution in [2.45, 2.75) is 57.0 Å². The van der Waals surface area contributed by atoms with Gasteiger partial charge < -0.3 is 5.11 Å². The third-order valence-electron chi connectivity index (χ3n) is 5.23. The van der Waals surface area contributed by atoms with E-state index in [0.717, 1.165) is 25.8 Å². The minimum absolute atomic E-state index is 0.242. The van der Waals surface area contributed by atoms with E-state index in [0.29, 0.717) is 12.0 Å². The number of aryl methyl sites for hydroxylation is 1. The zero-order valence-corrected chi connectivity index (χ0v) is 12.6. The highest BCUT2D eigenvalue weighted by Gasteiger charge is 2.44. The topological polar surface area (TPSA) is 40.5 Å². The molecule has 1 aromatic rings. The Balaban J connectivity index is 1.60. The van der Waals surface area contributed by atoms with E-state index in [-0.39, 0.29) is 6.04 Å². The molecule has 0 bridgehead atoms. The van der Waals surface area contributed by atoms with Crippen molar-refractivity contribution in [1.82, 2.24) is 4.90 Å². The largest absolute Gasteiger partial charge is 0.480 e. The second kappa shape index (κ2) is 6.61. The lowest BCUT2D eigenvalue weighted by Gasteiger charge is -2.33. The van der Waals surface area contributed by atoms with Gasteiger partial charge in [-0.05, 0) is 50.1 Å². The van der Waals surface area contributed by atoms with Gasteiger partial charge in [0.1, 0.15) is 6.04 Å². The van der Waals surface area contributed by atoms with E-state index in [2.05, 4.69) is 29.2 Å². The Kier molecular flexibility index (Phi) is 4.59. The molecule has 0 aromatic heterocycles. The second-order valence-electron chi connectivity index (χ2n) is 6.53. The van der Waals surface area contributed by atoms with Crippen LogP contribution >= 0.6 is 0 Å². The predicted molar refractivity (Wildman–Crippen MR) is 83.3 cm³/mol. The van der Waals surface area contributed by atoms with E-state index in [1.165, 1.54) is 31.2 Å². The summed E-state index contributed by atoms with van der Waals surface area (Å²) in [5, 5.41) is 9.51. The van der Waals surface area contributed by atoms with Crippen LogP contribution in [-0.4, -0.2) is 34.6 Å². The van der Waals surface area contributed by atoms with Crippen LogP contribution in [0.15, 0.2) is 30.3 Å². The maximum atomic E-state index is 11.5. The van der Waals surface area contributed by atoms with Gasteiger partial charge in [-0.2, -0.15) is 0 Å². The second-order valence-corrected chi connectivity index (χ2v) is 6.53. The molecule has 1 saturated heterocycles. The van der Waals surface area contributed by atoms with Gasteiger partial charge in [0.25, 0.3) is 0 Å². The van der Waals surface area contributed by atoms with Gasteiger partial charge in [0.2, 0.25) is 0 Å². The van der Waals surface area contributed by atoms with Crippen LogP contribution in [0.2, 0.25) is 0 Å². The molecule has 1 heterocycles. The van der Waals surface area contributed by atoms with Crippen LogP contribution in [0.1, 0.15) is 44.1 Å². The molecule has 1 N–H and O–H groups in total. The first-order valence-electron chi connectivity index (χ1n) is 8.28. The lowest BCUT2D eigenvalue weighted by Crippen LogP contribution is -2.42. The fourth-order valence-electron chi connectivity index (χ4n) is 4.23. The summed E-state index contributed by atoms with van der Waals surface area (Å²) >= 11 is 0. The third kappa shape index (κ3) is 3.29. The summed E-state index contributed by atoms with van der Waals surface area (Å²) in [4.78, 5) is 13.8. The molecule has 1 aliphatic carbocycles. The van der Waals surface area contributed by atoms with Crippen molar-refractivity contribution in [1.29, 1.82) is 0 Å². The average molecular weight is 287 g/mol. The molecule has 2 aliphatic rings. The highest BCUT2D eigenvalue weighted by atomic mass is 16.4. The molecule has 3 rings (SSSR count). The molecule has 0 radical (unpaired) electrons. The summed E-state index contributed by atoms with van der Waals surface area (Å²) < 4.78 is 0. The van der Waals surface area contributed by atoms with Gasteiger partial charge in [-0.25, -0.2) is 0 Å². The summed E-state index contributed by atoms with van der Waals surface area (Å²) in [5.41, 5.74) is 1.35. The van der Waals surface area contributed by atoms with Crippen molar-refractivity contribution in [3.8, 4) is 0 Å². The summed E-state index contributed by atoms with van der Waals surface area (Å²) in [5.74, 6) is 0.000636. The number of carboxylic acid groups (broad SMARTS) is 1. The zero-order chi connectivity index (χ0) is 14.7. The van der Waals surface area contributed by atoms with E-state index < -0.39 is 5.97 Å². The Morgan fingerprint density at radius 1 is 1.19 bits per heavy atom. The average Bonchev–Trinajstić information content (AvgIpc) is 2.88. The fourth-order valence-corrected chi connectivity index (χ4v) is 4.23. The van der Waals surface area contributed by atoms with E-state index in [9.17, 15) is 9.90 Å². The first-order valence-corrected chi connectivity index (χ1v) is 8.28. The van der Waals surface area contributed by atoms with Crippen LogP contribution in [0.5, 0.6) is 0 Å². The van der Waals surface area contributed by atoms with Crippen LogP contribution < -0.4 is 0 Å². The molecule has 0 amide bonds. The number of hydrogen-bond donors (Lipinski definition) is 1. The Morgan fingerprint density at radius 2 is 1.95 bits per heavy atom. The van der Waals surface area contributed by atoms with E-state index in [1.807, 2.05) is 6.07 Å². The summed E-state index contributed by atoms with van der Waals surface area (Å²) in [6.07, 6.45) is 7.93. The molecule has 3 nitrogen and oxygen atoms in total. The maximum Gasteiger partial charge on any atom is 0.320 e. The van der Waals surface area contributed by atoms with Crippen molar-refractivity contribution in [2.75, 3.05) is 6.54 Å². The molecule has 3 atom stereocenters. The van der Waals surface area contributed by atoms with Crippen LogP contribution in [0.25, 0.3) is 0 Å². The van der Waals surface area contributed by atoms with E-state index >= 15 is 0 Å². The smallest absolute Gasteiger partial charge is 0.320 e. The van der Waals surface area contributed by atoms with E-state index in [1.54, 1.807) is 0 Å². The zero-order valence-electron chi connectivity index (χ0n) is 12.6. The van der Waals surface area contributed by atoms with E-state index in [4.69, 9.17) is 0 Å². The highest BCUT2D eigenvalue weighted by Crippen LogP contribution is 2.39. The Morgan fingerprint density at radius 3 is 2.71 bits per heavy atom. The summed E-state index contributed by atoms with van der Waals surface area (Å²) in [7, 11) is 0. The molecular formula is C18H25NO2. The SMILES string of the molecule is O=C(O)C1CC2CCCCC2N1CCCc1ccccc1. The third-order valence-corrected chi connectivity index (χ3v) is 5.23. The normalized spacial score (nSPS) is 29.2. The van der Waals surface area contributed by atoms with Gasteiger partial charge in [0.15, 0.2) is 0 Å². The Labute approximate surface area is 127 Å². The molecule has 1 aliphatic heterocycles. The summed E-state index contributed by atoms with van der Waals surface area (Å²) in [6, 6.07) is 10.8. The van der Waals surface area contributed by atoms with Gasteiger partial charge in [0.05, 0.1) is 0 Å². The van der Waals surface area contributed by atoms with Gasteiger partial charge in [-0.3, -0.25) is 9.69 Å². The molecule has 0 spiro atoms. The lowest BCUT2D eigenvalue weighted by atomic mass is 9.84. The predicted octanol–water partition coefficient (Wildman–Crippen LogP) is 3.34. The molecule has 21 heavy (non-hydrogen) atoms. The Bertz CT molecular complexity index is 473. The first kappa shape index (κ1) is 14.6. The number of rotatable bonds is 5. The van der Waals surface area contributed by atoms with Gasteiger partial charge in [-0.15, -0.1) is 0 Å². The van der Waals surface area contributed by atoms with Crippen molar-refractivity contribution >= 4 is 5.97 Å². The van der Waals surface area contributed by atoms with Crippen LogP contribution in [0.3, 0.4) is 0 Å². The van der Waals surface area contributed by atoms with Crippen LogP contribution in [-0.2, 0) is 11.2 Å². The molecule has 1 aromatic carbocycles. The number of benzene rings is 1. The number of fused-ring (bicyclic) bond motifs is 1. The number of hydrogen-bond acceptors (Lipinski definition) is 2. The van der Waals surface area contributed by atoms with Gasteiger partial charge in [-0.1, -0.05) is 43.2 Å². The molecule has 3 heteroatoms. The van der Waals surface area contributed by atoms with Crippen LogP contribution in [0.4, 0.5) is 0 Å². The number of carboxylic acids is 1.